The number of aryl methyl sites for hydroxylation is 2. The minimum absolute atomic E-state index is 0.763. The number of hydrogen-bond donors (Lipinski definition) is 1. The van der Waals surface area contributed by atoms with Crippen molar-refractivity contribution in [2.75, 3.05) is 7.05 Å². The highest BCUT2D eigenvalue weighted by atomic mass is 14.9. The van der Waals surface area contributed by atoms with Crippen molar-refractivity contribution in [1.29, 1.82) is 0 Å². The lowest BCUT2D eigenvalue weighted by molar-refractivity contribution is 0.456. The molecule has 1 aliphatic rings. The van der Waals surface area contributed by atoms with E-state index in [9.17, 15) is 0 Å². The highest BCUT2D eigenvalue weighted by Crippen LogP contribution is 2.34. The fraction of sp³-hybridized carbons (Fsp3) is 0.625. The van der Waals surface area contributed by atoms with Gasteiger partial charge in [-0.2, -0.15) is 0 Å². The lowest BCUT2D eigenvalue weighted by Crippen LogP contribution is -2.27. The first kappa shape index (κ1) is 12.6. The van der Waals surface area contributed by atoms with Gasteiger partial charge >= 0.3 is 0 Å². The van der Waals surface area contributed by atoms with E-state index in [1.165, 1.54) is 43.2 Å². The molecule has 1 saturated carbocycles. The Morgan fingerprint density at radius 2 is 1.88 bits per heavy atom. The zero-order valence-corrected chi connectivity index (χ0v) is 11.4. The number of nitrogens with one attached hydrogen (secondary N) is 1. The Labute approximate surface area is 106 Å². The predicted octanol–water partition coefficient (Wildman–Crippen LogP) is 3.62. The maximum absolute atomic E-state index is 3.48. The Bertz CT molecular complexity index is 346. The quantitative estimate of drug-likeness (QED) is 0.788. The van der Waals surface area contributed by atoms with Crippen molar-refractivity contribution in [2.24, 2.45) is 5.92 Å². The monoisotopic (exact) mass is 231 g/mol. The largest absolute Gasteiger partial charge is 0.317 e. The van der Waals surface area contributed by atoms with E-state index < -0.39 is 0 Å². The third-order valence-electron chi connectivity index (χ3n) is 4.15. The van der Waals surface area contributed by atoms with E-state index >= 15 is 0 Å². The Morgan fingerprint density at radius 3 is 2.41 bits per heavy atom. The van der Waals surface area contributed by atoms with Crippen LogP contribution < -0.4 is 5.32 Å². The van der Waals surface area contributed by atoms with E-state index in [-0.39, 0.29) is 0 Å². The summed E-state index contributed by atoms with van der Waals surface area (Å²) in [5.41, 5.74) is 4.48. The lowest BCUT2D eigenvalue weighted by atomic mass is 9.96. The summed E-state index contributed by atoms with van der Waals surface area (Å²) in [4.78, 5) is 0. The molecule has 17 heavy (non-hydrogen) atoms. The number of hydrogen-bond acceptors (Lipinski definition) is 1. The Morgan fingerprint density at radius 1 is 1.24 bits per heavy atom. The van der Waals surface area contributed by atoms with Crippen LogP contribution in [-0.2, 0) is 6.42 Å². The smallest absolute Gasteiger partial charge is 0.00924 e. The van der Waals surface area contributed by atoms with Gasteiger partial charge in [-0.15, -0.1) is 0 Å². The van der Waals surface area contributed by atoms with Gasteiger partial charge in [0.25, 0.3) is 0 Å². The number of rotatable bonds is 6. The fourth-order valence-electron chi connectivity index (χ4n) is 2.86. The Hall–Kier alpha value is -0.820. The Kier molecular flexibility index (Phi) is 4.22. The molecule has 0 aromatic heterocycles. The van der Waals surface area contributed by atoms with E-state index in [1.54, 1.807) is 5.56 Å². The topological polar surface area (TPSA) is 12.0 Å². The highest BCUT2D eigenvalue weighted by Gasteiger charge is 2.29. The Balaban J connectivity index is 1.85. The molecule has 1 N–H and O–H groups in total. The van der Waals surface area contributed by atoms with Crippen LogP contribution >= 0.6 is 0 Å². The summed E-state index contributed by atoms with van der Waals surface area (Å²) in [6.07, 6.45) is 6.76. The molecule has 0 bridgehead atoms. The molecule has 0 spiro atoms. The average Bonchev–Trinajstić information content (AvgIpc) is 3.12. The van der Waals surface area contributed by atoms with Crippen LogP contribution in [0, 0.1) is 19.8 Å². The molecule has 1 aliphatic carbocycles. The van der Waals surface area contributed by atoms with E-state index in [0.29, 0.717) is 0 Å². The molecule has 1 fully saturated rings. The third-order valence-corrected chi connectivity index (χ3v) is 4.15. The van der Waals surface area contributed by atoms with E-state index in [0.717, 1.165) is 12.0 Å². The summed E-state index contributed by atoms with van der Waals surface area (Å²) in [5.74, 6) is 0.970. The van der Waals surface area contributed by atoms with Crippen LogP contribution in [0.1, 0.15) is 42.4 Å². The van der Waals surface area contributed by atoms with Crippen molar-refractivity contribution in [2.45, 2.75) is 52.0 Å². The van der Waals surface area contributed by atoms with Gasteiger partial charge < -0.3 is 5.32 Å². The predicted molar refractivity (Wildman–Crippen MR) is 74.4 cm³/mol. The molecule has 0 heterocycles. The van der Waals surface area contributed by atoms with Gasteiger partial charge in [-0.3, -0.25) is 0 Å². The van der Waals surface area contributed by atoms with E-state index in [1.807, 2.05) is 0 Å². The molecule has 1 heteroatoms. The van der Waals surface area contributed by atoms with Crippen molar-refractivity contribution in [1.82, 2.24) is 5.32 Å². The first-order chi connectivity index (χ1) is 8.22. The van der Waals surface area contributed by atoms with Gasteiger partial charge in [0.1, 0.15) is 0 Å². The molecule has 0 radical (unpaired) electrons. The normalized spacial score (nSPS) is 17.1. The molecule has 0 amide bonds. The average molecular weight is 231 g/mol. The zero-order chi connectivity index (χ0) is 12.3. The highest BCUT2D eigenvalue weighted by molar-refractivity contribution is 5.33. The van der Waals surface area contributed by atoms with Crippen LogP contribution in [0.4, 0.5) is 0 Å². The maximum atomic E-state index is 3.48. The number of benzene rings is 1. The van der Waals surface area contributed by atoms with Crippen LogP contribution in [0.15, 0.2) is 18.2 Å². The van der Waals surface area contributed by atoms with Crippen molar-refractivity contribution >= 4 is 0 Å². The second kappa shape index (κ2) is 5.68. The summed E-state index contributed by atoms with van der Waals surface area (Å²) < 4.78 is 0. The second-order valence-electron chi connectivity index (χ2n) is 5.50. The third kappa shape index (κ3) is 3.32. The lowest BCUT2D eigenvalue weighted by Gasteiger charge is -2.16. The SMILES string of the molecule is CNC(CCCc1c(C)cccc1C)C1CC1. The van der Waals surface area contributed by atoms with Crippen molar-refractivity contribution < 1.29 is 0 Å². The summed E-state index contributed by atoms with van der Waals surface area (Å²) in [6.45, 7) is 4.47. The van der Waals surface area contributed by atoms with Gasteiger partial charge in [-0.05, 0) is 75.6 Å². The van der Waals surface area contributed by atoms with Gasteiger partial charge in [0.05, 0.1) is 0 Å². The van der Waals surface area contributed by atoms with Crippen LogP contribution in [-0.4, -0.2) is 13.1 Å². The molecule has 2 rings (SSSR count). The maximum Gasteiger partial charge on any atom is 0.00924 e. The first-order valence-corrected chi connectivity index (χ1v) is 6.94. The van der Waals surface area contributed by atoms with Gasteiger partial charge in [0.15, 0.2) is 0 Å². The molecule has 94 valence electrons. The first-order valence-electron chi connectivity index (χ1n) is 6.94. The summed E-state index contributed by atoms with van der Waals surface area (Å²) in [7, 11) is 2.11. The minimum Gasteiger partial charge on any atom is -0.317 e. The van der Waals surface area contributed by atoms with Crippen LogP contribution in [0.5, 0.6) is 0 Å². The molecule has 1 aromatic rings. The van der Waals surface area contributed by atoms with E-state index in [2.05, 4.69) is 44.4 Å². The van der Waals surface area contributed by atoms with Crippen molar-refractivity contribution in [3.8, 4) is 0 Å². The summed E-state index contributed by atoms with van der Waals surface area (Å²) >= 11 is 0. The molecule has 1 aromatic carbocycles. The molecule has 1 unspecified atom stereocenters. The fourth-order valence-corrected chi connectivity index (χ4v) is 2.86. The zero-order valence-electron chi connectivity index (χ0n) is 11.4. The second-order valence-corrected chi connectivity index (χ2v) is 5.50. The van der Waals surface area contributed by atoms with E-state index in [4.69, 9.17) is 0 Å². The van der Waals surface area contributed by atoms with Crippen LogP contribution in [0.25, 0.3) is 0 Å². The molecular weight excluding hydrogens is 206 g/mol. The minimum atomic E-state index is 0.763. The molecular formula is C16H25N. The van der Waals surface area contributed by atoms with Gasteiger partial charge in [0.2, 0.25) is 0 Å². The molecule has 0 saturated heterocycles. The van der Waals surface area contributed by atoms with Gasteiger partial charge in [0, 0.05) is 6.04 Å². The molecule has 0 aliphatic heterocycles. The van der Waals surface area contributed by atoms with Gasteiger partial charge in [-0.25, -0.2) is 0 Å². The molecule has 1 nitrogen and oxygen atoms in total. The van der Waals surface area contributed by atoms with Crippen molar-refractivity contribution in [3.63, 3.8) is 0 Å². The van der Waals surface area contributed by atoms with Crippen LogP contribution in [0.3, 0.4) is 0 Å². The summed E-state index contributed by atoms with van der Waals surface area (Å²) in [6, 6.07) is 7.39. The van der Waals surface area contributed by atoms with Gasteiger partial charge in [-0.1, -0.05) is 18.2 Å². The van der Waals surface area contributed by atoms with Crippen LogP contribution in [0.2, 0.25) is 0 Å². The molecule has 1 atom stereocenters. The van der Waals surface area contributed by atoms with Crippen molar-refractivity contribution in [3.05, 3.63) is 34.9 Å². The summed E-state index contributed by atoms with van der Waals surface area (Å²) in [5, 5.41) is 3.48. The standard InChI is InChI=1S/C16H25N/c1-12-6-4-7-13(2)15(12)8-5-9-16(17-3)14-10-11-14/h4,6-7,14,16-17H,5,8-11H2,1-3H3.